The van der Waals surface area contributed by atoms with Crippen LogP contribution >= 0.6 is 22.9 Å². The normalized spacial score (nSPS) is 12.7. The maximum atomic E-state index is 9.85. The van der Waals surface area contributed by atoms with Crippen LogP contribution in [-0.2, 0) is 0 Å². The molecule has 0 fully saturated rings. The highest BCUT2D eigenvalue weighted by Crippen LogP contribution is 2.31. The molecule has 3 heteroatoms. The number of hydrogen-bond donors (Lipinski definition) is 1. The van der Waals surface area contributed by atoms with E-state index >= 15 is 0 Å². The standard InChI is InChI=1S/C12H17ClOS/c1-2-3-4-5-6-7-11(14)12-10(13)8-9-15-12/h2,8-9,11,14H,1,3-7H2. The number of thiophene rings is 1. The Balaban J connectivity index is 2.22. The third-order valence-electron chi connectivity index (χ3n) is 2.33. The molecule has 1 heterocycles. The Hall–Kier alpha value is -0.310. The Labute approximate surface area is 100 Å². The van der Waals surface area contributed by atoms with Crippen LogP contribution < -0.4 is 0 Å². The molecule has 0 aliphatic heterocycles. The molecular formula is C12H17ClOS. The molecule has 1 aromatic rings. The summed E-state index contributed by atoms with van der Waals surface area (Å²) in [5, 5.41) is 12.5. The van der Waals surface area contributed by atoms with E-state index in [0.717, 1.165) is 37.0 Å². The molecule has 1 atom stereocenters. The van der Waals surface area contributed by atoms with Gasteiger partial charge in [-0.05, 0) is 30.7 Å². The van der Waals surface area contributed by atoms with E-state index in [1.807, 2.05) is 17.5 Å². The highest BCUT2D eigenvalue weighted by atomic mass is 35.5. The van der Waals surface area contributed by atoms with E-state index in [2.05, 4.69) is 6.58 Å². The summed E-state index contributed by atoms with van der Waals surface area (Å²) in [5.74, 6) is 0. The van der Waals surface area contributed by atoms with Gasteiger partial charge in [-0.3, -0.25) is 0 Å². The Morgan fingerprint density at radius 3 is 2.87 bits per heavy atom. The van der Waals surface area contributed by atoms with E-state index in [-0.39, 0.29) is 6.10 Å². The molecule has 1 unspecified atom stereocenters. The fourth-order valence-corrected chi connectivity index (χ4v) is 2.68. The first-order chi connectivity index (χ1) is 7.25. The summed E-state index contributed by atoms with van der Waals surface area (Å²) in [4.78, 5) is 0.903. The third kappa shape index (κ3) is 4.37. The van der Waals surface area contributed by atoms with E-state index in [4.69, 9.17) is 11.6 Å². The zero-order valence-corrected chi connectivity index (χ0v) is 10.4. The lowest BCUT2D eigenvalue weighted by atomic mass is 10.1. The molecule has 0 aliphatic rings. The first kappa shape index (κ1) is 12.8. The highest BCUT2D eigenvalue weighted by molar-refractivity contribution is 7.10. The van der Waals surface area contributed by atoms with Gasteiger partial charge in [-0.25, -0.2) is 0 Å². The number of aliphatic hydroxyl groups is 1. The van der Waals surface area contributed by atoms with E-state index < -0.39 is 0 Å². The fraction of sp³-hybridized carbons (Fsp3) is 0.500. The molecule has 1 N–H and O–H groups in total. The van der Waals surface area contributed by atoms with Gasteiger partial charge < -0.3 is 5.11 Å². The first-order valence-corrected chi connectivity index (χ1v) is 6.53. The molecule has 0 aliphatic carbocycles. The SMILES string of the molecule is C=CCCCCCC(O)c1sccc1Cl. The quantitative estimate of drug-likeness (QED) is 0.550. The van der Waals surface area contributed by atoms with Crippen molar-refractivity contribution >= 4 is 22.9 Å². The lowest BCUT2D eigenvalue weighted by Gasteiger charge is -2.08. The van der Waals surface area contributed by atoms with Gasteiger partial charge in [0.15, 0.2) is 0 Å². The summed E-state index contributed by atoms with van der Waals surface area (Å²) >= 11 is 7.46. The van der Waals surface area contributed by atoms with Crippen molar-refractivity contribution in [2.75, 3.05) is 0 Å². The number of allylic oxidation sites excluding steroid dienone is 1. The summed E-state index contributed by atoms with van der Waals surface area (Å²) < 4.78 is 0. The van der Waals surface area contributed by atoms with Crippen LogP contribution in [0, 0.1) is 0 Å². The number of aliphatic hydroxyl groups excluding tert-OH is 1. The van der Waals surface area contributed by atoms with Gasteiger partial charge in [-0.1, -0.05) is 30.5 Å². The highest BCUT2D eigenvalue weighted by Gasteiger charge is 2.12. The molecule has 0 bridgehead atoms. The van der Waals surface area contributed by atoms with Crippen LogP contribution in [0.25, 0.3) is 0 Å². The van der Waals surface area contributed by atoms with E-state index in [0.29, 0.717) is 5.02 Å². The topological polar surface area (TPSA) is 20.2 Å². The maximum absolute atomic E-state index is 9.85. The van der Waals surface area contributed by atoms with Gasteiger partial charge in [0, 0.05) is 0 Å². The smallest absolute Gasteiger partial charge is 0.0896 e. The van der Waals surface area contributed by atoms with Crippen molar-refractivity contribution in [2.45, 2.75) is 38.2 Å². The van der Waals surface area contributed by atoms with Crippen molar-refractivity contribution in [2.24, 2.45) is 0 Å². The molecule has 84 valence electrons. The number of halogens is 1. The van der Waals surface area contributed by atoms with Crippen LogP contribution in [0.4, 0.5) is 0 Å². The van der Waals surface area contributed by atoms with E-state index in [9.17, 15) is 5.11 Å². The lowest BCUT2D eigenvalue weighted by Crippen LogP contribution is -1.95. The van der Waals surface area contributed by atoms with Gasteiger partial charge in [0.2, 0.25) is 0 Å². The molecule has 1 nitrogen and oxygen atoms in total. The largest absolute Gasteiger partial charge is 0.388 e. The van der Waals surface area contributed by atoms with Crippen LogP contribution in [0.2, 0.25) is 5.02 Å². The predicted octanol–water partition coefficient (Wildman–Crippen LogP) is 4.57. The summed E-state index contributed by atoms with van der Waals surface area (Å²) in [6.45, 7) is 3.68. The second-order valence-electron chi connectivity index (χ2n) is 3.58. The number of rotatable bonds is 7. The maximum Gasteiger partial charge on any atom is 0.0896 e. The van der Waals surface area contributed by atoms with Crippen molar-refractivity contribution in [3.63, 3.8) is 0 Å². The summed E-state index contributed by atoms with van der Waals surface area (Å²) in [6.07, 6.45) is 6.77. The average Bonchev–Trinajstić information content (AvgIpc) is 2.64. The molecule has 0 spiro atoms. The minimum atomic E-state index is -0.388. The lowest BCUT2D eigenvalue weighted by molar-refractivity contribution is 0.167. The van der Waals surface area contributed by atoms with Crippen LogP contribution in [0.15, 0.2) is 24.1 Å². The molecule has 0 saturated heterocycles. The van der Waals surface area contributed by atoms with E-state index in [1.165, 1.54) is 11.3 Å². The van der Waals surface area contributed by atoms with Crippen LogP contribution in [0.1, 0.15) is 43.1 Å². The zero-order chi connectivity index (χ0) is 11.1. The van der Waals surface area contributed by atoms with Crippen LogP contribution in [0.3, 0.4) is 0 Å². The Bertz CT molecular complexity index is 296. The Kier molecular flexibility index (Phi) is 5.99. The molecular weight excluding hydrogens is 228 g/mol. The molecule has 15 heavy (non-hydrogen) atoms. The molecule has 1 rings (SSSR count). The second kappa shape index (κ2) is 7.04. The Morgan fingerprint density at radius 1 is 1.47 bits per heavy atom. The predicted molar refractivity (Wildman–Crippen MR) is 67.6 cm³/mol. The monoisotopic (exact) mass is 244 g/mol. The molecule has 0 amide bonds. The minimum absolute atomic E-state index is 0.388. The molecule has 1 aromatic heterocycles. The number of hydrogen-bond acceptors (Lipinski definition) is 2. The van der Waals surface area contributed by atoms with Crippen molar-refractivity contribution in [3.05, 3.63) is 34.0 Å². The van der Waals surface area contributed by atoms with Crippen LogP contribution in [-0.4, -0.2) is 5.11 Å². The third-order valence-corrected chi connectivity index (χ3v) is 3.79. The first-order valence-electron chi connectivity index (χ1n) is 5.27. The van der Waals surface area contributed by atoms with Crippen molar-refractivity contribution in [1.29, 1.82) is 0 Å². The average molecular weight is 245 g/mol. The van der Waals surface area contributed by atoms with E-state index in [1.54, 1.807) is 0 Å². The van der Waals surface area contributed by atoms with Gasteiger partial charge >= 0.3 is 0 Å². The van der Waals surface area contributed by atoms with Gasteiger partial charge in [0.1, 0.15) is 0 Å². The van der Waals surface area contributed by atoms with Crippen molar-refractivity contribution in [1.82, 2.24) is 0 Å². The molecule has 0 aromatic carbocycles. The zero-order valence-electron chi connectivity index (χ0n) is 8.79. The summed E-state index contributed by atoms with van der Waals surface area (Å²) in [5.41, 5.74) is 0. The minimum Gasteiger partial charge on any atom is -0.388 e. The van der Waals surface area contributed by atoms with Crippen molar-refractivity contribution in [3.8, 4) is 0 Å². The van der Waals surface area contributed by atoms with Gasteiger partial charge in [-0.15, -0.1) is 17.9 Å². The summed E-state index contributed by atoms with van der Waals surface area (Å²) in [6, 6.07) is 1.84. The molecule has 0 radical (unpaired) electrons. The van der Waals surface area contributed by atoms with Crippen molar-refractivity contribution < 1.29 is 5.11 Å². The summed E-state index contributed by atoms with van der Waals surface area (Å²) in [7, 11) is 0. The van der Waals surface area contributed by atoms with Gasteiger partial charge in [-0.2, -0.15) is 0 Å². The van der Waals surface area contributed by atoms with Gasteiger partial charge in [0.25, 0.3) is 0 Å². The second-order valence-corrected chi connectivity index (χ2v) is 4.93. The Morgan fingerprint density at radius 2 is 2.27 bits per heavy atom. The fourth-order valence-electron chi connectivity index (χ4n) is 1.48. The number of unbranched alkanes of at least 4 members (excludes halogenated alkanes) is 3. The van der Waals surface area contributed by atoms with Crippen LogP contribution in [0.5, 0.6) is 0 Å². The molecule has 0 saturated carbocycles. The van der Waals surface area contributed by atoms with Gasteiger partial charge in [0.05, 0.1) is 16.0 Å².